The van der Waals surface area contributed by atoms with Gasteiger partial charge in [0.2, 0.25) is 5.90 Å². The molecule has 0 radical (unpaired) electrons. The summed E-state index contributed by atoms with van der Waals surface area (Å²) in [4.78, 5) is 4.30. The second-order valence-electron chi connectivity index (χ2n) is 4.67. The molecule has 0 fully saturated rings. The lowest BCUT2D eigenvalue weighted by Gasteiger charge is -2.09. The summed E-state index contributed by atoms with van der Waals surface area (Å²) in [6, 6.07) is 0.941. The fourth-order valence-electron chi connectivity index (χ4n) is 1.69. The number of rotatable bonds is 1. The van der Waals surface area contributed by atoms with E-state index >= 15 is 0 Å². The van der Waals surface area contributed by atoms with Crippen LogP contribution in [0.25, 0.3) is 0 Å². The first kappa shape index (κ1) is 12.3. The van der Waals surface area contributed by atoms with Crippen LogP contribution in [0, 0.1) is 18.6 Å². The molecule has 1 aromatic carbocycles. The number of halogens is 3. The summed E-state index contributed by atoms with van der Waals surface area (Å²) in [7, 11) is 0. The summed E-state index contributed by atoms with van der Waals surface area (Å²) >= 11 is 5.91. The van der Waals surface area contributed by atoms with Gasteiger partial charge in [-0.2, -0.15) is 0 Å². The van der Waals surface area contributed by atoms with Crippen LogP contribution in [0.2, 0.25) is 5.02 Å². The summed E-state index contributed by atoms with van der Waals surface area (Å²) in [6.45, 7) is 5.64. The minimum atomic E-state index is -0.964. The summed E-state index contributed by atoms with van der Waals surface area (Å²) in [5, 5.41) is 0.109. The van der Waals surface area contributed by atoms with E-state index in [0.717, 1.165) is 6.07 Å². The number of hydrogen-bond donors (Lipinski definition) is 0. The van der Waals surface area contributed by atoms with Gasteiger partial charge in [-0.1, -0.05) is 11.6 Å². The number of ether oxygens (including phenoxy) is 1. The number of nitrogens with zero attached hydrogens (tertiary/aromatic N) is 1. The van der Waals surface area contributed by atoms with E-state index in [4.69, 9.17) is 16.3 Å². The van der Waals surface area contributed by atoms with Crippen molar-refractivity contribution >= 4 is 17.5 Å². The Hall–Kier alpha value is -1.16. The molecule has 92 valence electrons. The summed E-state index contributed by atoms with van der Waals surface area (Å²) < 4.78 is 32.0. The van der Waals surface area contributed by atoms with E-state index in [2.05, 4.69) is 4.99 Å². The monoisotopic (exact) mass is 259 g/mol. The minimum Gasteiger partial charge on any atom is -0.475 e. The van der Waals surface area contributed by atoms with Crippen LogP contribution in [0.3, 0.4) is 0 Å². The third kappa shape index (κ3) is 2.14. The second kappa shape index (κ2) is 3.95. The molecule has 1 heterocycles. The third-order valence-corrected chi connectivity index (χ3v) is 2.88. The predicted molar refractivity (Wildman–Crippen MR) is 62.7 cm³/mol. The van der Waals surface area contributed by atoms with E-state index in [9.17, 15) is 8.78 Å². The van der Waals surface area contributed by atoms with Crippen LogP contribution < -0.4 is 0 Å². The summed E-state index contributed by atoms with van der Waals surface area (Å²) in [5.41, 5.74) is 0.0817. The highest BCUT2D eigenvalue weighted by molar-refractivity contribution is 6.34. The molecule has 17 heavy (non-hydrogen) atoms. The molecule has 1 aliphatic rings. The number of hydrogen-bond acceptors (Lipinski definition) is 2. The Morgan fingerprint density at radius 1 is 1.41 bits per heavy atom. The van der Waals surface area contributed by atoms with Crippen molar-refractivity contribution in [2.45, 2.75) is 26.3 Å². The van der Waals surface area contributed by atoms with Gasteiger partial charge in [0.05, 0.1) is 16.1 Å². The van der Waals surface area contributed by atoms with Gasteiger partial charge in [0, 0.05) is 5.56 Å². The Labute approximate surface area is 103 Å². The minimum absolute atomic E-state index is 0.109. The largest absolute Gasteiger partial charge is 0.475 e. The molecule has 2 rings (SSSR count). The van der Waals surface area contributed by atoms with Gasteiger partial charge in [0.1, 0.15) is 6.61 Å². The Morgan fingerprint density at radius 2 is 2.06 bits per heavy atom. The average Bonchev–Trinajstić information content (AvgIpc) is 2.55. The van der Waals surface area contributed by atoms with Crippen molar-refractivity contribution in [1.82, 2.24) is 0 Å². The maximum Gasteiger partial charge on any atom is 0.218 e. The smallest absolute Gasteiger partial charge is 0.218 e. The molecule has 2 nitrogen and oxygen atoms in total. The molecule has 1 aliphatic heterocycles. The first-order chi connectivity index (χ1) is 7.82. The van der Waals surface area contributed by atoms with E-state index in [1.807, 2.05) is 13.8 Å². The van der Waals surface area contributed by atoms with Crippen LogP contribution in [0.5, 0.6) is 0 Å². The number of aliphatic imine (C=N–C) groups is 1. The second-order valence-corrected chi connectivity index (χ2v) is 5.08. The van der Waals surface area contributed by atoms with Crippen molar-refractivity contribution in [3.63, 3.8) is 0 Å². The maximum atomic E-state index is 13.5. The Balaban J connectivity index is 2.58. The highest BCUT2D eigenvalue weighted by atomic mass is 35.5. The van der Waals surface area contributed by atoms with Gasteiger partial charge >= 0.3 is 0 Å². The molecule has 0 saturated carbocycles. The zero-order valence-electron chi connectivity index (χ0n) is 9.77. The normalized spacial score (nSPS) is 17.9. The Kier molecular flexibility index (Phi) is 2.86. The van der Waals surface area contributed by atoms with E-state index < -0.39 is 11.6 Å². The molecular weight excluding hydrogens is 248 g/mol. The molecule has 5 heteroatoms. The van der Waals surface area contributed by atoms with Crippen molar-refractivity contribution in [3.8, 4) is 0 Å². The Morgan fingerprint density at radius 3 is 2.59 bits per heavy atom. The van der Waals surface area contributed by atoms with E-state index in [-0.39, 0.29) is 22.0 Å². The summed E-state index contributed by atoms with van der Waals surface area (Å²) in [5.74, 6) is -1.61. The lowest BCUT2D eigenvalue weighted by Crippen LogP contribution is -2.17. The average molecular weight is 260 g/mol. The van der Waals surface area contributed by atoms with E-state index in [1.54, 1.807) is 0 Å². The predicted octanol–water partition coefficient (Wildman–Crippen LogP) is 3.48. The van der Waals surface area contributed by atoms with Crippen molar-refractivity contribution in [2.75, 3.05) is 6.61 Å². The van der Waals surface area contributed by atoms with Gasteiger partial charge in [-0.15, -0.1) is 0 Å². The fraction of sp³-hybridized carbons (Fsp3) is 0.417. The molecule has 0 unspecified atom stereocenters. The van der Waals surface area contributed by atoms with Crippen molar-refractivity contribution in [1.29, 1.82) is 0 Å². The molecule has 0 spiro atoms. The zero-order valence-corrected chi connectivity index (χ0v) is 10.5. The lowest BCUT2D eigenvalue weighted by atomic mass is 10.1. The zero-order chi connectivity index (χ0) is 12.8. The van der Waals surface area contributed by atoms with Crippen molar-refractivity contribution in [2.24, 2.45) is 4.99 Å². The van der Waals surface area contributed by atoms with Crippen LogP contribution >= 0.6 is 11.6 Å². The SMILES string of the molecule is Cc1c(F)c(F)cc(Cl)c1C1=NC(C)(C)CO1. The van der Waals surface area contributed by atoms with Gasteiger partial charge < -0.3 is 4.74 Å². The highest BCUT2D eigenvalue weighted by Crippen LogP contribution is 2.29. The molecule has 0 aromatic heterocycles. The molecule has 0 aliphatic carbocycles. The Bertz CT molecular complexity index is 512. The van der Waals surface area contributed by atoms with Crippen molar-refractivity contribution in [3.05, 3.63) is 33.9 Å². The lowest BCUT2D eigenvalue weighted by molar-refractivity contribution is 0.279. The molecule has 1 aromatic rings. The standard InChI is InChI=1S/C12H12ClF2NO/c1-6-9(7(13)4-8(14)10(6)15)11-16-12(2,3)5-17-11/h4H,5H2,1-3H3. The molecule has 0 bridgehead atoms. The van der Waals surface area contributed by atoms with Gasteiger partial charge in [0.25, 0.3) is 0 Å². The van der Waals surface area contributed by atoms with Gasteiger partial charge in [-0.05, 0) is 26.8 Å². The summed E-state index contributed by atoms with van der Waals surface area (Å²) in [6.07, 6.45) is 0. The van der Waals surface area contributed by atoms with Crippen LogP contribution in [0.4, 0.5) is 8.78 Å². The van der Waals surface area contributed by atoms with Crippen LogP contribution in [0.15, 0.2) is 11.1 Å². The van der Waals surface area contributed by atoms with Crippen LogP contribution in [-0.2, 0) is 4.74 Å². The third-order valence-electron chi connectivity index (χ3n) is 2.59. The first-order valence-corrected chi connectivity index (χ1v) is 5.57. The molecular formula is C12H12ClF2NO. The molecule has 0 amide bonds. The first-order valence-electron chi connectivity index (χ1n) is 5.19. The van der Waals surface area contributed by atoms with Gasteiger partial charge in [0.15, 0.2) is 11.6 Å². The molecule has 0 N–H and O–H groups in total. The fourth-order valence-corrected chi connectivity index (χ4v) is 2.01. The molecule has 0 atom stereocenters. The highest BCUT2D eigenvalue weighted by Gasteiger charge is 2.30. The topological polar surface area (TPSA) is 21.6 Å². The number of benzene rings is 1. The van der Waals surface area contributed by atoms with Crippen LogP contribution in [-0.4, -0.2) is 18.0 Å². The van der Waals surface area contributed by atoms with Crippen LogP contribution in [0.1, 0.15) is 25.0 Å². The van der Waals surface area contributed by atoms with Crippen molar-refractivity contribution < 1.29 is 13.5 Å². The van der Waals surface area contributed by atoms with Gasteiger partial charge in [-0.25, -0.2) is 13.8 Å². The van der Waals surface area contributed by atoms with E-state index in [1.165, 1.54) is 6.92 Å². The van der Waals surface area contributed by atoms with E-state index in [0.29, 0.717) is 12.2 Å². The molecule has 0 saturated heterocycles. The maximum absolute atomic E-state index is 13.5. The quantitative estimate of drug-likeness (QED) is 0.708. The van der Waals surface area contributed by atoms with Gasteiger partial charge in [-0.3, -0.25) is 0 Å².